The van der Waals surface area contributed by atoms with E-state index in [9.17, 15) is 9.59 Å². The quantitative estimate of drug-likeness (QED) is 0.615. The number of hydrogen-bond acceptors (Lipinski definition) is 3. The fraction of sp³-hybridized carbons (Fsp3) is 0.833. The molecule has 17 heavy (non-hydrogen) atoms. The van der Waals surface area contributed by atoms with Gasteiger partial charge in [-0.3, -0.25) is 9.59 Å². The largest absolute Gasteiger partial charge is 0.355 e. The van der Waals surface area contributed by atoms with Crippen molar-refractivity contribution in [1.29, 1.82) is 0 Å². The van der Waals surface area contributed by atoms with Crippen LogP contribution in [0.15, 0.2) is 0 Å². The van der Waals surface area contributed by atoms with Gasteiger partial charge in [-0.05, 0) is 26.7 Å². The Balaban J connectivity index is 1.99. The van der Waals surface area contributed by atoms with Crippen LogP contribution in [0.5, 0.6) is 0 Å². The van der Waals surface area contributed by atoms with Crippen LogP contribution >= 0.6 is 0 Å². The van der Waals surface area contributed by atoms with Gasteiger partial charge < -0.3 is 15.5 Å². The highest BCUT2D eigenvalue weighted by Crippen LogP contribution is 2.28. The average molecular weight is 241 g/mol. The highest BCUT2D eigenvalue weighted by atomic mass is 16.2. The molecule has 98 valence electrons. The third kappa shape index (κ3) is 5.17. The Morgan fingerprint density at radius 1 is 1.29 bits per heavy atom. The zero-order chi connectivity index (χ0) is 12.8. The van der Waals surface area contributed by atoms with Crippen molar-refractivity contribution in [3.8, 4) is 0 Å². The molecule has 0 radical (unpaired) electrons. The number of likely N-dealkylation sites (N-methyl/N-ethyl adjacent to an activating group) is 1. The standard InChI is InChI=1S/C12H23N3O2/c1-9(2)15(3)11(16)8-13-6-7-14-12(17)10-4-5-10/h9-10,13H,4-8H2,1-3H3,(H,14,17). The first-order chi connectivity index (χ1) is 8.02. The van der Waals surface area contributed by atoms with Crippen LogP contribution in [0.25, 0.3) is 0 Å². The number of hydrogen-bond donors (Lipinski definition) is 2. The van der Waals surface area contributed by atoms with Crippen molar-refractivity contribution in [2.24, 2.45) is 5.92 Å². The van der Waals surface area contributed by atoms with Crippen molar-refractivity contribution < 1.29 is 9.59 Å². The number of amides is 2. The topological polar surface area (TPSA) is 61.4 Å². The second-order valence-electron chi connectivity index (χ2n) is 4.84. The van der Waals surface area contributed by atoms with Crippen LogP contribution in [0.1, 0.15) is 26.7 Å². The number of carbonyl (C=O) groups is 2. The molecular formula is C12H23N3O2. The van der Waals surface area contributed by atoms with Gasteiger partial charge in [0, 0.05) is 32.1 Å². The molecule has 1 aliphatic carbocycles. The Bertz CT molecular complexity index is 275. The smallest absolute Gasteiger partial charge is 0.236 e. The van der Waals surface area contributed by atoms with E-state index in [1.807, 2.05) is 13.8 Å². The van der Waals surface area contributed by atoms with Gasteiger partial charge in [-0.2, -0.15) is 0 Å². The van der Waals surface area contributed by atoms with Crippen LogP contribution in [0.2, 0.25) is 0 Å². The van der Waals surface area contributed by atoms with Crippen LogP contribution in [0.3, 0.4) is 0 Å². The van der Waals surface area contributed by atoms with Gasteiger partial charge in [0.15, 0.2) is 0 Å². The number of nitrogens with one attached hydrogen (secondary N) is 2. The van der Waals surface area contributed by atoms with E-state index in [-0.39, 0.29) is 23.8 Å². The van der Waals surface area contributed by atoms with E-state index in [0.717, 1.165) is 12.8 Å². The number of rotatable bonds is 7. The minimum absolute atomic E-state index is 0.0773. The van der Waals surface area contributed by atoms with Crippen LogP contribution < -0.4 is 10.6 Å². The molecule has 1 aliphatic rings. The van der Waals surface area contributed by atoms with Crippen molar-refractivity contribution in [2.75, 3.05) is 26.7 Å². The van der Waals surface area contributed by atoms with Gasteiger partial charge in [-0.15, -0.1) is 0 Å². The molecule has 5 nitrogen and oxygen atoms in total. The van der Waals surface area contributed by atoms with Crippen LogP contribution in [0.4, 0.5) is 0 Å². The molecule has 2 amide bonds. The lowest BCUT2D eigenvalue weighted by atomic mass is 10.3. The predicted octanol–water partition coefficient (Wildman–Crippen LogP) is -0.0310. The van der Waals surface area contributed by atoms with E-state index in [0.29, 0.717) is 19.6 Å². The highest BCUT2D eigenvalue weighted by Gasteiger charge is 2.28. The van der Waals surface area contributed by atoms with Crippen molar-refractivity contribution in [1.82, 2.24) is 15.5 Å². The molecule has 0 aliphatic heterocycles. The molecule has 0 unspecified atom stereocenters. The maximum absolute atomic E-state index is 11.6. The van der Waals surface area contributed by atoms with Crippen molar-refractivity contribution in [2.45, 2.75) is 32.7 Å². The molecule has 0 heterocycles. The molecule has 0 bridgehead atoms. The summed E-state index contributed by atoms with van der Waals surface area (Å²) in [5, 5.41) is 5.87. The maximum Gasteiger partial charge on any atom is 0.236 e. The van der Waals surface area contributed by atoms with Crippen LogP contribution in [-0.4, -0.2) is 49.4 Å². The van der Waals surface area contributed by atoms with Gasteiger partial charge in [-0.1, -0.05) is 0 Å². The normalized spacial score (nSPS) is 14.8. The summed E-state index contributed by atoms with van der Waals surface area (Å²) in [5.41, 5.74) is 0. The van der Waals surface area contributed by atoms with E-state index in [1.165, 1.54) is 0 Å². The first kappa shape index (κ1) is 14.0. The maximum atomic E-state index is 11.6. The molecule has 0 aromatic rings. The summed E-state index contributed by atoms with van der Waals surface area (Å²) >= 11 is 0. The van der Waals surface area contributed by atoms with Gasteiger partial charge >= 0.3 is 0 Å². The average Bonchev–Trinajstić information content (AvgIpc) is 3.10. The fourth-order valence-corrected chi connectivity index (χ4v) is 1.37. The summed E-state index contributed by atoms with van der Waals surface area (Å²) in [5.74, 6) is 0.481. The van der Waals surface area contributed by atoms with E-state index in [2.05, 4.69) is 10.6 Å². The molecular weight excluding hydrogens is 218 g/mol. The summed E-state index contributed by atoms with van der Waals surface area (Å²) in [7, 11) is 1.80. The number of nitrogens with zero attached hydrogens (tertiary/aromatic N) is 1. The lowest BCUT2D eigenvalue weighted by molar-refractivity contribution is -0.130. The van der Waals surface area contributed by atoms with Gasteiger partial charge in [0.05, 0.1) is 6.54 Å². The zero-order valence-corrected chi connectivity index (χ0v) is 11.0. The van der Waals surface area contributed by atoms with Crippen molar-refractivity contribution >= 4 is 11.8 Å². The second-order valence-corrected chi connectivity index (χ2v) is 4.84. The van der Waals surface area contributed by atoms with E-state index < -0.39 is 0 Å². The molecule has 1 rings (SSSR count). The predicted molar refractivity (Wildman–Crippen MR) is 66.5 cm³/mol. The van der Waals surface area contributed by atoms with E-state index in [4.69, 9.17) is 0 Å². The highest BCUT2D eigenvalue weighted by molar-refractivity contribution is 5.80. The van der Waals surface area contributed by atoms with Crippen LogP contribution in [-0.2, 0) is 9.59 Å². The Hall–Kier alpha value is -1.10. The van der Waals surface area contributed by atoms with Gasteiger partial charge in [0.25, 0.3) is 0 Å². The molecule has 1 saturated carbocycles. The fourth-order valence-electron chi connectivity index (χ4n) is 1.37. The summed E-state index contributed by atoms with van der Waals surface area (Å²) in [6, 6.07) is 0.221. The van der Waals surface area contributed by atoms with Gasteiger partial charge in [-0.25, -0.2) is 0 Å². The lowest BCUT2D eigenvalue weighted by Crippen LogP contribution is -2.41. The molecule has 5 heteroatoms. The van der Waals surface area contributed by atoms with Crippen LogP contribution in [0, 0.1) is 5.92 Å². The molecule has 0 saturated heterocycles. The minimum Gasteiger partial charge on any atom is -0.355 e. The summed E-state index contributed by atoms with van der Waals surface area (Å²) in [6.07, 6.45) is 2.05. The first-order valence-corrected chi connectivity index (χ1v) is 6.26. The van der Waals surface area contributed by atoms with Gasteiger partial charge in [0.1, 0.15) is 0 Å². The van der Waals surface area contributed by atoms with Crippen molar-refractivity contribution in [3.63, 3.8) is 0 Å². The summed E-state index contributed by atoms with van der Waals surface area (Å²) < 4.78 is 0. The Morgan fingerprint density at radius 3 is 2.47 bits per heavy atom. The van der Waals surface area contributed by atoms with Gasteiger partial charge in [0.2, 0.25) is 11.8 Å². The van der Waals surface area contributed by atoms with E-state index in [1.54, 1.807) is 11.9 Å². The number of carbonyl (C=O) groups excluding carboxylic acids is 2. The molecule has 0 aromatic heterocycles. The summed E-state index contributed by atoms with van der Waals surface area (Å²) in [4.78, 5) is 24.6. The molecule has 0 aromatic carbocycles. The zero-order valence-electron chi connectivity index (χ0n) is 11.0. The molecule has 1 fully saturated rings. The summed E-state index contributed by atoms with van der Waals surface area (Å²) in [6.45, 7) is 5.51. The molecule has 0 atom stereocenters. The second kappa shape index (κ2) is 6.59. The SMILES string of the molecule is CC(C)N(C)C(=O)CNCCNC(=O)C1CC1. The lowest BCUT2D eigenvalue weighted by Gasteiger charge is -2.21. The third-order valence-corrected chi connectivity index (χ3v) is 2.99. The Morgan fingerprint density at radius 2 is 1.94 bits per heavy atom. The van der Waals surface area contributed by atoms with E-state index >= 15 is 0 Å². The monoisotopic (exact) mass is 241 g/mol. The van der Waals surface area contributed by atoms with Crippen molar-refractivity contribution in [3.05, 3.63) is 0 Å². The Kier molecular flexibility index (Phi) is 5.41. The molecule has 0 spiro atoms. The first-order valence-electron chi connectivity index (χ1n) is 6.26. The Labute approximate surface area is 103 Å². The molecule has 2 N–H and O–H groups in total. The minimum atomic E-state index is 0.0773. The third-order valence-electron chi connectivity index (χ3n) is 2.99.